The number of halogens is 3. The molecule has 10 nitrogen and oxygen atoms in total. The topological polar surface area (TPSA) is 128 Å². The van der Waals surface area contributed by atoms with Crippen LogP contribution in [-0.2, 0) is 19.1 Å². The Kier molecular flexibility index (Phi) is 7.31. The molecule has 0 saturated heterocycles. The van der Waals surface area contributed by atoms with Crippen LogP contribution < -0.4 is 4.74 Å². The Morgan fingerprint density at radius 1 is 1.07 bits per heavy atom. The number of methoxy groups -OCH3 is 1. The van der Waals surface area contributed by atoms with Gasteiger partial charge in [-0.2, -0.15) is 18.3 Å². The fourth-order valence-electron chi connectivity index (χ4n) is 5.17. The van der Waals surface area contributed by atoms with Crippen molar-refractivity contribution in [2.75, 3.05) is 7.11 Å². The molecule has 0 aliphatic heterocycles. The van der Waals surface area contributed by atoms with Crippen molar-refractivity contribution in [1.82, 2.24) is 24.3 Å². The molecule has 2 N–H and O–H groups in total. The molecule has 230 valence electrons. The average molecular weight is 618 g/mol. The molecule has 0 saturated carbocycles. The van der Waals surface area contributed by atoms with Gasteiger partial charge in [0.2, 0.25) is 11.6 Å². The number of nitrogens with zero attached hydrogens (tertiary/aromatic N) is 5. The minimum atomic E-state index is -4.64. The number of alkyl halides is 3. The second-order valence-electron chi connectivity index (χ2n) is 10.3. The Hall–Kier alpha value is -5.59. The third-order valence-electron chi connectivity index (χ3n) is 7.34. The summed E-state index contributed by atoms with van der Waals surface area (Å²) in [5, 5.41) is 25.0. The highest BCUT2D eigenvalue weighted by Gasteiger charge is 2.35. The number of carboxylic acid groups (broad SMARTS) is 1. The van der Waals surface area contributed by atoms with E-state index in [4.69, 9.17) is 14.1 Å². The highest BCUT2D eigenvalue weighted by Crippen LogP contribution is 2.37. The SMILES string of the molecule is CCc1cc(-c2ccc(C(F)(F)F)o2)n(-c2ccc3c(c2)nc(-c2cc(C(=O)O)ccc2O)n3Cc2cnc(OC)c(C)c2)n1. The maximum atomic E-state index is 13.3. The van der Waals surface area contributed by atoms with E-state index in [1.54, 1.807) is 30.5 Å². The second-order valence-corrected chi connectivity index (χ2v) is 10.3. The lowest BCUT2D eigenvalue weighted by Crippen LogP contribution is -2.05. The van der Waals surface area contributed by atoms with Crippen LogP contribution in [0.5, 0.6) is 11.6 Å². The van der Waals surface area contributed by atoms with E-state index in [1.165, 1.54) is 36.1 Å². The third-order valence-corrected chi connectivity index (χ3v) is 7.34. The van der Waals surface area contributed by atoms with Gasteiger partial charge in [0.25, 0.3) is 0 Å². The maximum Gasteiger partial charge on any atom is 0.449 e. The quantitative estimate of drug-likeness (QED) is 0.189. The number of fused-ring (bicyclic) bond motifs is 1. The van der Waals surface area contributed by atoms with Gasteiger partial charge in [0.1, 0.15) is 17.3 Å². The number of pyridine rings is 1. The van der Waals surface area contributed by atoms with Gasteiger partial charge in [-0.3, -0.25) is 0 Å². The molecule has 0 amide bonds. The standard InChI is InChI=1S/C32H26F3N5O5/c1-4-20-13-25(27-9-10-28(45-27)32(33,34)35)40(38-20)21-6-7-24-23(14-21)37-29(22-12-19(31(42)43)5-8-26(22)41)39(24)16-18-11-17(2)30(44-3)36-15-18/h5-15,41H,4,16H2,1-3H3,(H,42,43). The first-order valence-electron chi connectivity index (χ1n) is 13.8. The number of carbonyl (C=O) groups is 1. The van der Waals surface area contributed by atoms with E-state index >= 15 is 0 Å². The fourth-order valence-corrected chi connectivity index (χ4v) is 5.17. The molecule has 0 radical (unpaired) electrons. The number of rotatable bonds is 8. The van der Waals surface area contributed by atoms with E-state index in [9.17, 15) is 28.2 Å². The van der Waals surface area contributed by atoms with E-state index in [0.717, 1.165) is 17.2 Å². The van der Waals surface area contributed by atoms with Crippen LogP contribution in [0.15, 0.2) is 71.3 Å². The summed E-state index contributed by atoms with van der Waals surface area (Å²) in [5.74, 6) is -1.67. The molecule has 2 aromatic carbocycles. The summed E-state index contributed by atoms with van der Waals surface area (Å²) in [6.45, 7) is 4.00. The van der Waals surface area contributed by atoms with Crippen LogP contribution in [0.3, 0.4) is 0 Å². The first-order chi connectivity index (χ1) is 21.5. The zero-order valence-corrected chi connectivity index (χ0v) is 24.3. The van der Waals surface area contributed by atoms with E-state index in [1.807, 2.05) is 24.5 Å². The molecule has 0 aliphatic carbocycles. The number of imidazole rings is 1. The van der Waals surface area contributed by atoms with E-state index in [-0.39, 0.29) is 29.2 Å². The highest BCUT2D eigenvalue weighted by molar-refractivity contribution is 5.91. The molecule has 0 bridgehead atoms. The zero-order chi connectivity index (χ0) is 32.0. The van der Waals surface area contributed by atoms with Crippen molar-refractivity contribution in [2.24, 2.45) is 0 Å². The minimum Gasteiger partial charge on any atom is -0.507 e. The normalized spacial score (nSPS) is 11.8. The molecule has 6 rings (SSSR count). The molecule has 0 aliphatic rings. The lowest BCUT2D eigenvalue weighted by Gasteiger charge is -2.13. The number of carboxylic acids is 1. The Bertz CT molecular complexity index is 2080. The summed E-state index contributed by atoms with van der Waals surface area (Å²) < 4.78 is 53.6. The number of aromatic nitrogens is 5. The Labute approximate surface area is 254 Å². The van der Waals surface area contributed by atoms with Crippen LogP contribution in [0.1, 0.15) is 39.9 Å². The Morgan fingerprint density at radius 3 is 2.53 bits per heavy atom. The summed E-state index contributed by atoms with van der Waals surface area (Å²) in [5.41, 5.74) is 4.36. The van der Waals surface area contributed by atoms with Crippen molar-refractivity contribution in [3.8, 4) is 40.2 Å². The fraction of sp³-hybridized carbons (Fsp3) is 0.188. The van der Waals surface area contributed by atoms with Crippen LogP contribution in [0, 0.1) is 6.92 Å². The predicted octanol–water partition coefficient (Wildman–Crippen LogP) is 6.89. The largest absolute Gasteiger partial charge is 0.507 e. The predicted molar refractivity (Wildman–Crippen MR) is 158 cm³/mol. The lowest BCUT2D eigenvalue weighted by molar-refractivity contribution is -0.152. The number of aromatic carboxylic acids is 1. The van der Waals surface area contributed by atoms with Crippen LogP contribution in [0.25, 0.3) is 39.6 Å². The number of furan rings is 1. The minimum absolute atomic E-state index is 0.00127. The zero-order valence-electron chi connectivity index (χ0n) is 24.3. The highest BCUT2D eigenvalue weighted by atomic mass is 19.4. The van der Waals surface area contributed by atoms with Crippen molar-refractivity contribution in [2.45, 2.75) is 33.0 Å². The molecule has 4 aromatic heterocycles. The number of benzene rings is 2. The molecule has 0 spiro atoms. The van der Waals surface area contributed by atoms with Gasteiger partial charge in [0.05, 0.1) is 47.2 Å². The molecular formula is C32H26F3N5O5. The van der Waals surface area contributed by atoms with Gasteiger partial charge in [0.15, 0.2) is 5.76 Å². The van der Waals surface area contributed by atoms with Crippen molar-refractivity contribution in [1.29, 1.82) is 0 Å². The van der Waals surface area contributed by atoms with Gasteiger partial charge < -0.3 is 23.9 Å². The van der Waals surface area contributed by atoms with Gasteiger partial charge >= 0.3 is 12.1 Å². The summed E-state index contributed by atoms with van der Waals surface area (Å²) in [4.78, 5) is 20.9. The Morgan fingerprint density at radius 2 is 1.87 bits per heavy atom. The number of aromatic hydroxyl groups is 1. The first kappa shape index (κ1) is 29.5. The Balaban J connectivity index is 1.52. The molecule has 4 heterocycles. The van der Waals surface area contributed by atoms with E-state index < -0.39 is 17.9 Å². The van der Waals surface area contributed by atoms with Crippen LogP contribution >= 0.6 is 0 Å². The van der Waals surface area contributed by atoms with Crippen LogP contribution in [-0.4, -0.2) is 47.6 Å². The number of hydrogen-bond donors (Lipinski definition) is 2. The third kappa shape index (κ3) is 5.48. The van der Waals surface area contributed by atoms with Gasteiger partial charge in [-0.05, 0) is 79.6 Å². The summed E-state index contributed by atoms with van der Waals surface area (Å²) in [7, 11) is 1.53. The average Bonchev–Trinajstić information content (AvgIpc) is 3.74. The van der Waals surface area contributed by atoms with Crippen molar-refractivity contribution in [3.63, 3.8) is 0 Å². The number of phenolic OH excluding ortho intramolecular Hbond substituents is 1. The first-order valence-corrected chi connectivity index (χ1v) is 13.8. The van der Waals surface area contributed by atoms with Crippen molar-refractivity contribution >= 4 is 17.0 Å². The summed E-state index contributed by atoms with van der Waals surface area (Å²) in [6.07, 6.45) is -2.45. The lowest BCUT2D eigenvalue weighted by atomic mass is 10.1. The molecular weight excluding hydrogens is 591 g/mol. The van der Waals surface area contributed by atoms with Gasteiger partial charge in [-0.25, -0.2) is 19.4 Å². The molecule has 6 aromatic rings. The second kappa shape index (κ2) is 11.2. The van der Waals surface area contributed by atoms with Crippen molar-refractivity contribution in [3.05, 3.63) is 95.0 Å². The number of phenols is 1. The molecule has 0 fully saturated rings. The van der Waals surface area contributed by atoms with Gasteiger partial charge in [-0.15, -0.1) is 0 Å². The molecule has 0 atom stereocenters. The van der Waals surface area contributed by atoms with Crippen LogP contribution in [0.4, 0.5) is 13.2 Å². The molecule has 0 unspecified atom stereocenters. The van der Waals surface area contributed by atoms with E-state index in [0.29, 0.717) is 46.2 Å². The number of ether oxygens (including phenoxy) is 1. The summed E-state index contributed by atoms with van der Waals surface area (Å²) >= 11 is 0. The molecule has 13 heteroatoms. The van der Waals surface area contributed by atoms with Crippen molar-refractivity contribution < 1.29 is 37.3 Å². The van der Waals surface area contributed by atoms with Gasteiger partial charge in [0, 0.05) is 11.8 Å². The smallest absolute Gasteiger partial charge is 0.449 e. The summed E-state index contributed by atoms with van der Waals surface area (Å²) in [6, 6.07) is 14.9. The van der Waals surface area contributed by atoms with Gasteiger partial charge in [-0.1, -0.05) is 6.92 Å². The number of hydrogen-bond acceptors (Lipinski definition) is 7. The monoisotopic (exact) mass is 617 g/mol. The number of aryl methyl sites for hydroxylation is 2. The van der Waals surface area contributed by atoms with E-state index in [2.05, 4.69) is 10.1 Å². The maximum absolute atomic E-state index is 13.3. The molecule has 45 heavy (non-hydrogen) atoms. The van der Waals surface area contributed by atoms with Crippen LogP contribution in [0.2, 0.25) is 0 Å².